The molecule has 26 heavy (non-hydrogen) atoms. The number of nitrogens with zero attached hydrogens (tertiary/aromatic N) is 3. The van der Waals surface area contributed by atoms with Gasteiger partial charge in [0.25, 0.3) is 0 Å². The van der Waals surface area contributed by atoms with Crippen molar-refractivity contribution in [2.75, 3.05) is 44.8 Å². The Hall–Kier alpha value is -1.90. The number of ether oxygens (including phenoxy) is 1. The van der Waals surface area contributed by atoms with E-state index in [4.69, 9.17) is 16.3 Å². The highest BCUT2D eigenvalue weighted by Gasteiger charge is 2.46. The second kappa shape index (κ2) is 7.38. The van der Waals surface area contributed by atoms with Crippen molar-refractivity contribution in [2.45, 2.75) is 18.4 Å². The van der Waals surface area contributed by atoms with Gasteiger partial charge in [-0.25, -0.2) is 9.78 Å². The third-order valence-corrected chi connectivity index (χ3v) is 5.55. The average molecular weight is 384 g/mol. The topological polar surface area (TPSA) is 103 Å². The van der Waals surface area contributed by atoms with Crippen LogP contribution in [-0.2, 0) is 9.53 Å². The monoisotopic (exact) mass is 383 g/mol. The van der Waals surface area contributed by atoms with Gasteiger partial charge in [0.1, 0.15) is 12.4 Å². The summed E-state index contributed by atoms with van der Waals surface area (Å²) < 4.78 is 4.91. The number of amides is 1. The van der Waals surface area contributed by atoms with Crippen LogP contribution in [0.2, 0.25) is 5.02 Å². The number of aromatic carboxylic acids is 1. The summed E-state index contributed by atoms with van der Waals surface area (Å²) in [6, 6.07) is 3.19. The molecule has 2 N–H and O–H groups in total. The van der Waals surface area contributed by atoms with Crippen molar-refractivity contribution in [1.82, 2.24) is 9.88 Å². The molecule has 1 aromatic rings. The number of hydrogen-bond acceptors (Lipinski definition) is 6. The van der Waals surface area contributed by atoms with Gasteiger partial charge in [-0.15, -0.1) is 0 Å². The van der Waals surface area contributed by atoms with E-state index >= 15 is 0 Å². The van der Waals surface area contributed by atoms with Crippen LogP contribution >= 0.6 is 11.6 Å². The summed E-state index contributed by atoms with van der Waals surface area (Å²) in [5.41, 5.74) is -1.01. The van der Waals surface area contributed by atoms with Crippen molar-refractivity contribution >= 4 is 29.3 Å². The van der Waals surface area contributed by atoms with Crippen LogP contribution < -0.4 is 4.90 Å². The van der Waals surface area contributed by atoms with E-state index in [9.17, 15) is 19.8 Å². The van der Waals surface area contributed by atoms with Gasteiger partial charge in [0.2, 0.25) is 5.91 Å². The number of carbonyl (C=O) groups is 2. The van der Waals surface area contributed by atoms with E-state index in [0.29, 0.717) is 44.8 Å². The molecule has 0 saturated carbocycles. The first kappa shape index (κ1) is 18.9. The quantitative estimate of drug-likeness (QED) is 0.795. The number of halogens is 1. The summed E-state index contributed by atoms with van der Waals surface area (Å²) in [5.74, 6) is -0.908. The Balaban J connectivity index is 1.77. The lowest BCUT2D eigenvalue weighted by molar-refractivity contribution is -0.145. The molecule has 3 rings (SSSR count). The lowest BCUT2D eigenvalue weighted by Crippen LogP contribution is -2.61. The normalized spacial score (nSPS) is 25.7. The van der Waals surface area contributed by atoms with Crippen molar-refractivity contribution in [3.63, 3.8) is 0 Å². The molecule has 0 spiro atoms. The summed E-state index contributed by atoms with van der Waals surface area (Å²) in [6.45, 7) is 2.02. The molecule has 1 amide bonds. The Labute approximate surface area is 156 Å². The number of fused-ring (bicyclic) bond motifs is 1. The van der Waals surface area contributed by atoms with E-state index in [1.165, 1.54) is 13.2 Å². The van der Waals surface area contributed by atoms with Gasteiger partial charge in [-0.1, -0.05) is 11.6 Å². The van der Waals surface area contributed by atoms with Crippen LogP contribution in [0.5, 0.6) is 0 Å². The number of hydrogen-bond donors (Lipinski definition) is 2. The highest BCUT2D eigenvalue weighted by atomic mass is 35.5. The molecule has 0 aromatic carbocycles. The fourth-order valence-corrected chi connectivity index (χ4v) is 3.90. The molecule has 8 nitrogen and oxygen atoms in total. The van der Waals surface area contributed by atoms with E-state index in [0.717, 1.165) is 0 Å². The number of carboxylic acid groups (broad SMARTS) is 1. The van der Waals surface area contributed by atoms with Crippen molar-refractivity contribution in [3.05, 3.63) is 22.8 Å². The van der Waals surface area contributed by atoms with E-state index in [1.54, 1.807) is 11.0 Å². The van der Waals surface area contributed by atoms with Gasteiger partial charge in [0.15, 0.2) is 5.69 Å². The van der Waals surface area contributed by atoms with Gasteiger partial charge in [-0.05, 0) is 25.0 Å². The van der Waals surface area contributed by atoms with Gasteiger partial charge in [0, 0.05) is 39.2 Å². The number of likely N-dealkylation sites (tertiary alicyclic amines) is 1. The minimum atomic E-state index is -1.18. The first-order chi connectivity index (χ1) is 12.3. The molecule has 2 aliphatic rings. The molecule has 0 radical (unpaired) electrons. The van der Waals surface area contributed by atoms with Crippen LogP contribution in [0.15, 0.2) is 12.1 Å². The van der Waals surface area contributed by atoms with Crippen LogP contribution in [0.3, 0.4) is 0 Å². The molecule has 2 saturated heterocycles. The maximum absolute atomic E-state index is 12.1. The largest absolute Gasteiger partial charge is 0.476 e. The van der Waals surface area contributed by atoms with Crippen molar-refractivity contribution in [3.8, 4) is 0 Å². The van der Waals surface area contributed by atoms with Gasteiger partial charge >= 0.3 is 5.97 Å². The van der Waals surface area contributed by atoms with Gasteiger partial charge in [-0.3, -0.25) is 4.79 Å². The van der Waals surface area contributed by atoms with E-state index in [2.05, 4.69) is 4.98 Å². The van der Waals surface area contributed by atoms with Crippen LogP contribution in [0, 0.1) is 5.92 Å². The fourth-order valence-electron chi connectivity index (χ4n) is 3.71. The molecule has 9 heteroatoms. The molecular formula is C17H22ClN3O5. The number of pyridine rings is 1. The summed E-state index contributed by atoms with van der Waals surface area (Å²) >= 11 is 5.89. The Bertz CT molecular complexity index is 716. The first-order valence-electron chi connectivity index (χ1n) is 8.48. The Morgan fingerprint density at radius 3 is 2.77 bits per heavy atom. The van der Waals surface area contributed by atoms with E-state index in [1.807, 2.05) is 4.90 Å². The predicted molar refractivity (Wildman–Crippen MR) is 94.5 cm³/mol. The SMILES string of the molecule is COCC(=O)N1CC[C@]2(O)CCN(c3ccc(Cl)c(C(=O)O)n3)C[C@@H]2C1. The van der Waals surface area contributed by atoms with Gasteiger partial charge in [-0.2, -0.15) is 0 Å². The zero-order valence-corrected chi connectivity index (χ0v) is 15.3. The lowest BCUT2D eigenvalue weighted by Gasteiger charge is -2.50. The van der Waals surface area contributed by atoms with Gasteiger partial charge in [0.05, 0.1) is 10.6 Å². The predicted octanol–water partition coefficient (Wildman–Crippen LogP) is 0.869. The molecule has 142 valence electrons. The number of aliphatic hydroxyl groups is 1. The molecule has 2 atom stereocenters. The Morgan fingerprint density at radius 2 is 2.08 bits per heavy atom. The first-order valence-corrected chi connectivity index (χ1v) is 8.86. The smallest absolute Gasteiger partial charge is 0.356 e. The summed E-state index contributed by atoms with van der Waals surface area (Å²) in [4.78, 5) is 31.2. The minimum Gasteiger partial charge on any atom is -0.476 e. The second-order valence-electron chi connectivity index (χ2n) is 6.82. The van der Waals surface area contributed by atoms with Crippen LogP contribution in [0.4, 0.5) is 5.82 Å². The van der Waals surface area contributed by atoms with Crippen LogP contribution in [-0.4, -0.2) is 77.5 Å². The second-order valence-corrected chi connectivity index (χ2v) is 7.23. The third kappa shape index (κ3) is 3.62. The number of aromatic nitrogens is 1. The number of rotatable bonds is 4. The highest BCUT2D eigenvalue weighted by Crippen LogP contribution is 2.37. The Kier molecular flexibility index (Phi) is 5.36. The lowest BCUT2D eigenvalue weighted by atomic mass is 9.75. The standard InChI is InChI=1S/C17H22ClN3O5/c1-26-10-14(22)21-7-5-17(25)4-6-20(8-11(17)9-21)13-3-2-12(18)15(19-13)16(23)24/h2-3,11,25H,4-10H2,1H3,(H,23,24)/t11-,17-/m1/s1. The van der Waals surface area contributed by atoms with Crippen molar-refractivity contribution in [2.24, 2.45) is 5.92 Å². The molecule has 1 aromatic heterocycles. The minimum absolute atomic E-state index is 0.0234. The molecule has 3 heterocycles. The Morgan fingerprint density at radius 1 is 1.35 bits per heavy atom. The summed E-state index contributed by atoms with van der Waals surface area (Å²) in [7, 11) is 1.48. The zero-order valence-electron chi connectivity index (χ0n) is 14.5. The number of carboxylic acids is 1. The van der Waals surface area contributed by atoms with Crippen molar-refractivity contribution in [1.29, 1.82) is 0 Å². The molecular weight excluding hydrogens is 362 g/mol. The number of piperidine rings is 2. The maximum atomic E-state index is 12.1. The maximum Gasteiger partial charge on any atom is 0.356 e. The summed E-state index contributed by atoms with van der Waals surface area (Å²) in [5, 5.41) is 20.2. The molecule has 2 fully saturated rings. The molecule has 0 unspecified atom stereocenters. The van der Waals surface area contributed by atoms with Crippen LogP contribution in [0.25, 0.3) is 0 Å². The number of anilines is 1. The highest BCUT2D eigenvalue weighted by molar-refractivity contribution is 6.33. The third-order valence-electron chi connectivity index (χ3n) is 5.25. The fraction of sp³-hybridized carbons (Fsp3) is 0.588. The molecule has 2 aliphatic heterocycles. The number of carbonyl (C=O) groups excluding carboxylic acids is 1. The summed E-state index contributed by atoms with van der Waals surface area (Å²) in [6.07, 6.45) is 1.06. The zero-order chi connectivity index (χ0) is 18.9. The van der Waals surface area contributed by atoms with E-state index in [-0.39, 0.29) is 29.1 Å². The number of methoxy groups -OCH3 is 1. The van der Waals surface area contributed by atoms with Crippen molar-refractivity contribution < 1.29 is 24.5 Å². The average Bonchev–Trinajstić information content (AvgIpc) is 2.61. The van der Waals surface area contributed by atoms with Gasteiger partial charge < -0.3 is 24.7 Å². The van der Waals surface area contributed by atoms with Crippen LogP contribution in [0.1, 0.15) is 23.3 Å². The molecule has 0 bridgehead atoms. The van der Waals surface area contributed by atoms with E-state index < -0.39 is 11.6 Å². The molecule has 0 aliphatic carbocycles.